The van der Waals surface area contributed by atoms with Crippen LogP contribution in [0.2, 0.25) is 0 Å². The minimum absolute atomic E-state index is 0.233. The van der Waals surface area contributed by atoms with Crippen LogP contribution in [-0.4, -0.2) is 16.1 Å². The van der Waals surface area contributed by atoms with Gasteiger partial charge in [-0.05, 0) is 30.9 Å². The van der Waals surface area contributed by atoms with E-state index in [2.05, 4.69) is 6.92 Å². The van der Waals surface area contributed by atoms with Gasteiger partial charge in [0.15, 0.2) is 0 Å². The normalized spacial score (nSPS) is 18.8. The molecule has 2 rings (SSSR count). The summed E-state index contributed by atoms with van der Waals surface area (Å²) in [5.41, 5.74) is 3.12. The number of hydrogen-bond acceptors (Lipinski definition) is 2. The van der Waals surface area contributed by atoms with Crippen molar-refractivity contribution in [2.45, 2.75) is 58.3 Å². The maximum atomic E-state index is 11.4. The topological polar surface area (TPSA) is 50.2 Å². The lowest BCUT2D eigenvalue weighted by atomic mass is 9.87. The first-order valence-corrected chi connectivity index (χ1v) is 6.62. The molecule has 98 valence electrons. The molecule has 1 atom stereocenters. The molecule has 1 aromatic rings. The fourth-order valence-corrected chi connectivity index (χ4v) is 2.72. The van der Waals surface area contributed by atoms with E-state index in [1.807, 2.05) is 26.8 Å². The lowest BCUT2D eigenvalue weighted by Gasteiger charge is -2.22. The lowest BCUT2D eigenvalue weighted by molar-refractivity contribution is 0.0693. The molecule has 1 aliphatic carbocycles. The Balaban J connectivity index is 2.61. The summed E-state index contributed by atoms with van der Waals surface area (Å²) in [6.45, 7) is 8.22. The van der Waals surface area contributed by atoms with Crippen LogP contribution in [0.15, 0.2) is 6.07 Å². The van der Waals surface area contributed by atoms with Crippen molar-refractivity contribution < 1.29 is 9.90 Å². The van der Waals surface area contributed by atoms with E-state index in [1.54, 1.807) is 0 Å². The van der Waals surface area contributed by atoms with Crippen LogP contribution in [0.5, 0.6) is 0 Å². The van der Waals surface area contributed by atoms with Crippen molar-refractivity contribution in [2.75, 3.05) is 0 Å². The van der Waals surface area contributed by atoms with Gasteiger partial charge in [0.1, 0.15) is 0 Å². The summed E-state index contributed by atoms with van der Waals surface area (Å²) in [6, 6.07) is 1.85. The van der Waals surface area contributed by atoms with Gasteiger partial charge in [0.25, 0.3) is 0 Å². The van der Waals surface area contributed by atoms with Crippen molar-refractivity contribution >= 4 is 5.97 Å². The molecule has 0 fully saturated rings. The van der Waals surface area contributed by atoms with E-state index in [4.69, 9.17) is 4.98 Å². The maximum Gasteiger partial charge on any atom is 0.337 e. The Morgan fingerprint density at radius 3 is 2.67 bits per heavy atom. The van der Waals surface area contributed by atoms with Gasteiger partial charge >= 0.3 is 5.97 Å². The predicted octanol–water partition coefficient (Wildman–Crippen LogP) is 3.52. The molecule has 1 aromatic heterocycles. The number of hydrogen-bond donors (Lipinski definition) is 1. The maximum absolute atomic E-state index is 11.4. The second kappa shape index (κ2) is 4.38. The summed E-state index contributed by atoms with van der Waals surface area (Å²) in [5.74, 6) is -0.362. The highest BCUT2D eigenvalue weighted by molar-refractivity contribution is 5.89. The summed E-state index contributed by atoms with van der Waals surface area (Å²) in [7, 11) is 0. The Morgan fingerprint density at radius 1 is 1.50 bits per heavy atom. The quantitative estimate of drug-likeness (QED) is 0.870. The van der Waals surface area contributed by atoms with Gasteiger partial charge in [-0.15, -0.1) is 0 Å². The molecule has 1 aliphatic rings. The molecule has 0 saturated carbocycles. The molecule has 0 spiro atoms. The molecule has 1 heterocycles. The molecule has 0 aromatic carbocycles. The van der Waals surface area contributed by atoms with Crippen LogP contribution in [0, 0.1) is 0 Å². The second-order valence-electron chi connectivity index (χ2n) is 6.13. The van der Waals surface area contributed by atoms with Gasteiger partial charge in [0, 0.05) is 17.0 Å². The number of pyridine rings is 1. The summed E-state index contributed by atoms with van der Waals surface area (Å²) >= 11 is 0. The minimum atomic E-state index is -0.866. The summed E-state index contributed by atoms with van der Waals surface area (Å²) in [4.78, 5) is 16.1. The molecular formula is C15H21NO2. The Morgan fingerprint density at radius 2 is 2.17 bits per heavy atom. The van der Waals surface area contributed by atoms with Gasteiger partial charge < -0.3 is 5.11 Å². The number of carboxylic acids is 1. The molecule has 3 heteroatoms. The van der Waals surface area contributed by atoms with Crippen molar-refractivity contribution in [1.82, 2.24) is 4.98 Å². The Hall–Kier alpha value is -1.38. The third-order valence-corrected chi connectivity index (χ3v) is 3.72. The zero-order chi connectivity index (χ0) is 13.5. The lowest BCUT2D eigenvalue weighted by Crippen LogP contribution is -2.20. The molecule has 0 radical (unpaired) electrons. The average Bonchev–Trinajstić information content (AvgIpc) is 2.68. The monoisotopic (exact) mass is 247 g/mol. The van der Waals surface area contributed by atoms with E-state index >= 15 is 0 Å². The predicted molar refractivity (Wildman–Crippen MR) is 71.2 cm³/mol. The third-order valence-electron chi connectivity index (χ3n) is 3.72. The number of fused-ring (bicyclic) bond motifs is 1. The summed E-state index contributed by atoms with van der Waals surface area (Å²) in [5, 5.41) is 9.34. The first-order valence-electron chi connectivity index (χ1n) is 6.62. The number of aromatic carboxylic acids is 1. The number of carbonyl (C=O) groups is 1. The van der Waals surface area contributed by atoms with E-state index in [9.17, 15) is 9.90 Å². The number of aromatic nitrogens is 1. The molecule has 0 aliphatic heterocycles. The minimum Gasteiger partial charge on any atom is -0.478 e. The van der Waals surface area contributed by atoms with Crippen LogP contribution >= 0.6 is 0 Å². The van der Waals surface area contributed by atoms with Crippen molar-refractivity contribution in [2.24, 2.45) is 0 Å². The average molecular weight is 247 g/mol. The van der Waals surface area contributed by atoms with Crippen LogP contribution in [0.25, 0.3) is 0 Å². The SMILES string of the molecule is CCC1CCc2cc(C(=O)O)c(C(C)(C)C)nc21. The van der Waals surface area contributed by atoms with Gasteiger partial charge in [0.05, 0.1) is 11.3 Å². The van der Waals surface area contributed by atoms with E-state index in [0.29, 0.717) is 17.2 Å². The van der Waals surface area contributed by atoms with Gasteiger partial charge in [-0.1, -0.05) is 27.7 Å². The van der Waals surface area contributed by atoms with Crippen LogP contribution in [0.1, 0.15) is 73.8 Å². The molecule has 0 saturated heterocycles. The van der Waals surface area contributed by atoms with Crippen molar-refractivity contribution in [1.29, 1.82) is 0 Å². The van der Waals surface area contributed by atoms with E-state index < -0.39 is 5.97 Å². The summed E-state index contributed by atoms with van der Waals surface area (Å²) in [6.07, 6.45) is 3.15. The van der Waals surface area contributed by atoms with Crippen LogP contribution < -0.4 is 0 Å². The fourth-order valence-electron chi connectivity index (χ4n) is 2.72. The standard InChI is InChI=1S/C15H21NO2/c1-5-9-6-7-10-8-11(14(17)18)13(15(2,3)4)16-12(9)10/h8-9H,5-7H2,1-4H3,(H,17,18). The van der Waals surface area contributed by atoms with Crippen LogP contribution in [0.4, 0.5) is 0 Å². The Labute approximate surface area is 108 Å². The summed E-state index contributed by atoms with van der Waals surface area (Å²) < 4.78 is 0. The number of nitrogens with zero attached hydrogens (tertiary/aromatic N) is 1. The van der Waals surface area contributed by atoms with Crippen LogP contribution in [-0.2, 0) is 11.8 Å². The zero-order valence-electron chi connectivity index (χ0n) is 11.6. The Kier molecular flexibility index (Phi) is 3.18. The van der Waals surface area contributed by atoms with Gasteiger partial charge in [-0.2, -0.15) is 0 Å². The molecular weight excluding hydrogens is 226 g/mol. The number of aryl methyl sites for hydroxylation is 1. The van der Waals surface area contributed by atoms with E-state index in [1.165, 1.54) is 0 Å². The largest absolute Gasteiger partial charge is 0.478 e. The Bertz CT molecular complexity index is 486. The third kappa shape index (κ3) is 2.14. The molecule has 0 bridgehead atoms. The fraction of sp³-hybridized carbons (Fsp3) is 0.600. The molecule has 18 heavy (non-hydrogen) atoms. The van der Waals surface area contributed by atoms with Crippen molar-refractivity contribution in [3.8, 4) is 0 Å². The first-order chi connectivity index (χ1) is 8.34. The van der Waals surface area contributed by atoms with E-state index in [0.717, 1.165) is 30.5 Å². The highest BCUT2D eigenvalue weighted by Gasteiger charge is 2.30. The number of rotatable bonds is 2. The molecule has 0 amide bonds. The van der Waals surface area contributed by atoms with Gasteiger partial charge in [-0.25, -0.2) is 4.79 Å². The van der Waals surface area contributed by atoms with E-state index in [-0.39, 0.29) is 5.41 Å². The zero-order valence-corrected chi connectivity index (χ0v) is 11.6. The van der Waals surface area contributed by atoms with Gasteiger partial charge in [0.2, 0.25) is 0 Å². The molecule has 1 unspecified atom stereocenters. The number of carboxylic acid groups (broad SMARTS) is 1. The molecule has 3 nitrogen and oxygen atoms in total. The smallest absolute Gasteiger partial charge is 0.337 e. The van der Waals surface area contributed by atoms with Crippen LogP contribution in [0.3, 0.4) is 0 Å². The second-order valence-corrected chi connectivity index (χ2v) is 6.13. The van der Waals surface area contributed by atoms with Crippen molar-refractivity contribution in [3.05, 3.63) is 28.6 Å². The highest BCUT2D eigenvalue weighted by atomic mass is 16.4. The van der Waals surface area contributed by atoms with Gasteiger partial charge in [-0.3, -0.25) is 4.98 Å². The van der Waals surface area contributed by atoms with Crippen molar-refractivity contribution in [3.63, 3.8) is 0 Å². The highest BCUT2D eigenvalue weighted by Crippen LogP contribution is 2.37. The molecule has 1 N–H and O–H groups in total. The first kappa shape index (κ1) is 13.1.